The minimum Gasteiger partial charge on any atom is -0.377 e. The summed E-state index contributed by atoms with van der Waals surface area (Å²) in [5.74, 6) is 1.92. The number of ether oxygens (including phenoxy) is 1. The van der Waals surface area contributed by atoms with Gasteiger partial charge < -0.3 is 10.1 Å². The van der Waals surface area contributed by atoms with E-state index in [1.54, 1.807) is 7.11 Å². The van der Waals surface area contributed by atoms with Gasteiger partial charge in [0, 0.05) is 38.8 Å². The van der Waals surface area contributed by atoms with Crippen LogP contribution in [0.2, 0.25) is 0 Å². The van der Waals surface area contributed by atoms with Crippen molar-refractivity contribution in [2.75, 3.05) is 20.2 Å². The molecule has 2 aliphatic heterocycles. The average Bonchev–Trinajstić information content (AvgIpc) is 3.08. The Balaban J connectivity index is 1.42. The number of aromatic nitrogens is 3. The zero-order valence-electron chi connectivity index (χ0n) is 12.8. The first kappa shape index (κ1) is 13.7. The van der Waals surface area contributed by atoms with Gasteiger partial charge in [0.15, 0.2) is 5.82 Å². The van der Waals surface area contributed by atoms with Crippen LogP contribution in [-0.2, 0) is 17.9 Å². The molecule has 0 aromatic carbocycles. The van der Waals surface area contributed by atoms with E-state index in [-0.39, 0.29) is 0 Å². The normalized spacial score (nSPS) is 29.8. The van der Waals surface area contributed by atoms with Crippen LogP contribution in [0.5, 0.6) is 0 Å². The lowest BCUT2D eigenvalue weighted by Crippen LogP contribution is -2.38. The van der Waals surface area contributed by atoms with Crippen LogP contribution in [0.25, 0.3) is 0 Å². The minimum absolute atomic E-state index is 0.362. The van der Waals surface area contributed by atoms with Gasteiger partial charge in [-0.25, -0.2) is 9.67 Å². The first-order valence-electron chi connectivity index (χ1n) is 8.26. The quantitative estimate of drug-likeness (QED) is 0.880. The Morgan fingerprint density at radius 3 is 2.95 bits per heavy atom. The molecule has 1 aliphatic carbocycles. The van der Waals surface area contributed by atoms with E-state index in [0.29, 0.717) is 18.7 Å². The number of methoxy groups -OCH3 is 1. The van der Waals surface area contributed by atoms with Crippen molar-refractivity contribution in [2.45, 2.75) is 63.4 Å². The lowest BCUT2D eigenvalue weighted by molar-refractivity contribution is 0.177. The van der Waals surface area contributed by atoms with Gasteiger partial charge in [-0.1, -0.05) is 0 Å². The van der Waals surface area contributed by atoms with E-state index in [2.05, 4.69) is 25.0 Å². The van der Waals surface area contributed by atoms with Gasteiger partial charge in [-0.05, 0) is 32.1 Å². The first-order valence-corrected chi connectivity index (χ1v) is 8.26. The first-order chi connectivity index (χ1) is 10.3. The molecule has 6 nitrogen and oxygen atoms in total. The lowest BCUT2D eigenvalue weighted by atomic mass is 10.1. The number of likely N-dealkylation sites (tertiary alicyclic amines) is 1. The second-order valence-corrected chi connectivity index (χ2v) is 6.62. The second kappa shape index (κ2) is 5.66. The van der Waals surface area contributed by atoms with Gasteiger partial charge in [0.25, 0.3) is 0 Å². The molecule has 1 saturated heterocycles. The monoisotopic (exact) mass is 291 g/mol. The van der Waals surface area contributed by atoms with Crippen molar-refractivity contribution in [1.29, 1.82) is 0 Å². The van der Waals surface area contributed by atoms with Gasteiger partial charge in [0.05, 0.1) is 6.04 Å². The fourth-order valence-corrected chi connectivity index (χ4v) is 3.73. The number of rotatable bonds is 5. The summed E-state index contributed by atoms with van der Waals surface area (Å²) in [6.45, 7) is 3.96. The van der Waals surface area contributed by atoms with Crippen LogP contribution in [-0.4, -0.2) is 51.9 Å². The van der Waals surface area contributed by atoms with Crippen molar-refractivity contribution in [3.8, 4) is 0 Å². The number of aryl methyl sites for hydroxylation is 1. The molecule has 3 heterocycles. The molecule has 2 fully saturated rings. The van der Waals surface area contributed by atoms with Crippen LogP contribution in [0.1, 0.15) is 49.8 Å². The molecule has 3 aliphatic rings. The Labute approximate surface area is 125 Å². The van der Waals surface area contributed by atoms with Crippen molar-refractivity contribution in [3.05, 3.63) is 11.6 Å². The maximum absolute atomic E-state index is 5.16. The predicted molar refractivity (Wildman–Crippen MR) is 78.8 cm³/mol. The van der Waals surface area contributed by atoms with Crippen LogP contribution in [0.15, 0.2) is 0 Å². The highest BCUT2D eigenvalue weighted by atomic mass is 16.5. The standard InChI is InChI=1S/C15H25N5O/c1-21-10-14-17-15-13(3-2-7-20(15)18-14)16-11-6-8-19(9-11)12-4-5-12/h11-13,16H,2-10H2,1H3. The third kappa shape index (κ3) is 2.84. The molecule has 4 rings (SSSR count). The molecule has 1 aromatic heterocycles. The predicted octanol–water partition coefficient (Wildman–Crippen LogP) is 1.09. The van der Waals surface area contributed by atoms with E-state index in [1.807, 2.05) is 0 Å². The molecular formula is C15H25N5O. The molecule has 21 heavy (non-hydrogen) atoms. The topological polar surface area (TPSA) is 55.2 Å². The van der Waals surface area contributed by atoms with E-state index >= 15 is 0 Å². The summed E-state index contributed by atoms with van der Waals surface area (Å²) in [6, 6.07) is 1.87. The molecule has 2 unspecified atom stereocenters. The fourth-order valence-electron chi connectivity index (χ4n) is 3.73. The van der Waals surface area contributed by atoms with E-state index in [9.17, 15) is 0 Å². The zero-order valence-corrected chi connectivity index (χ0v) is 12.8. The van der Waals surface area contributed by atoms with Crippen LogP contribution in [0, 0.1) is 0 Å². The lowest BCUT2D eigenvalue weighted by Gasteiger charge is -2.26. The Kier molecular flexibility index (Phi) is 3.69. The van der Waals surface area contributed by atoms with Crippen LogP contribution in [0.3, 0.4) is 0 Å². The molecule has 1 N–H and O–H groups in total. The van der Waals surface area contributed by atoms with Crippen molar-refractivity contribution in [1.82, 2.24) is 25.0 Å². The molecule has 2 atom stereocenters. The molecule has 0 bridgehead atoms. The molecule has 6 heteroatoms. The smallest absolute Gasteiger partial charge is 0.176 e. The molecule has 1 saturated carbocycles. The van der Waals surface area contributed by atoms with Crippen molar-refractivity contribution in [3.63, 3.8) is 0 Å². The molecule has 0 radical (unpaired) electrons. The van der Waals surface area contributed by atoms with Crippen molar-refractivity contribution in [2.24, 2.45) is 0 Å². The van der Waals surface area contributed by atoms with Gasteiger partial charge in [0.2, 0.25) is 0 Å². The second-order valence-electron chi connectivity index (χ2n) is 6.62. The number of hydrogen-bond acceptors (Lipinski definition) is 5. The highest BCUT2D eigenvalue weighted by Crippen LogP contribution is 2.31. The molecule has 0 spiro atoms. The third-order valence-corrected chi connectivity index (χ3v) is 4.91. The Hall–Kier alpha value is -0.980. The van der Waals surface area contributed by atoms with E-state index in [4.69, 9.17) is 4.74 Å². The van der Waals surface area contributed by atoms with Gasteiger partial charge in [-0.15, -0.1) is 0 Å². The molecular weight excluding hydrogens is 266 g/mol. The highest BCUT2D eigenvalue weighted by molar-refractivity contribution is 5.03. The largest absolute Gasteiger partial charge is 0.377 e. The van der Waals surface area contributed by atoms with Gasteiger partial charge in [-0.3, -0.25) is 4.90 Å². The maximum atomic E-state index is 5.16. The minimum atomic E-state index is 0.362. The maximum Gasteiger partial charge on any atom is 0.176 e. The number of hydrogen-bond donors (Lipinski definition) is 1. The summed E-state index contributed by atoms with van der Waals surface area (Å²) >= 11 is 0. The van der Waals surface area contributed by atoms with E-state index in [0.717, 1.165) is 24.2 Å². The van der Waals surface area contributed by atoms with Gasteiger partial charge in [0.1, 0.15) is 12.4 Å². The van der Waals surface area contributed by atoms with Gasteiger partial charge in [-0.2, -0.15) is 5.10 Å². The Morgan fingerprint density at radius 1 is 1.24 bits per heavy atom. The van der Waals surface area contributed by atoms with E-state index < -0.39 is 0 Å². The summed E-state index contributed by atoms with van der Waals surface area (Å²) in [5, 5.41) is 8.38. The van der Waals surface area contributed by atoms with Crippen LogP contribution in [0.4, 0.5) is 0 Å². The highest BCUT2D eigenvalue weighted by Gasteiger charge is 2.36. The van der Waals surface area contributed by atoms with Crippen LogP contribution < -0.4 is 5.32 Å². The molecule has 1 aromatic rings. The zero-order chi connectivity index (χ0) is 14.2. The molecule has 116 valence electrons. The summed E-state index contributed by atoms with van der Waals surface area (Å²) in [5.41, 5.74) is 0. The van der Waals surface area contributed by atoms with Crippen molar-refractivity contribution >= 4 is 0 Å². The summed E-state index contributed by atoms with van der Waals surface area (Å²) in [7, 11) is 1.70. The number of fused-ring (bicyclic) bond motifs is 1. The average molecular weight is 291 g/mol. The summed E-state index contributed by atoms with van der Waals surface area (Å²) < 4.78 is 7.23. The Bertz CT molecular complexity index is 498. The fraction of sp³-hybridized carbons (Fsp3) is 0.867. The summed E-state index contributed by atoms with van der Waals surface area (Å²) in [6.07, 6.45) is 6.44. The summed E-state index contributed by atoms with van der Waals surface area (Å²) in [4.78, 5) is 7.34. The van der Waals surface area contributed by atoms with Gasteiger partial charge >= 0.3 is 0 Å². The number of nitrogens with one attached hydrogen (secondary N) is 1. The van der Waals surface area contributed by atoms with E-state index in [1.165, 1.54) is 45.2 Å². The third-order valence-electron chi connectivity index (χ3n) is 4.91. The number of nitrogens with zero attached hydrogens (tertiary/aromatic N) is 4. The van der Waals surface area contributed by atoms with Crippen molar-refractivity contribution < 1.29 is 4.74 Å². The van der Waals surface area contributed by atoms with Crippen LogP contribution >= 0.6 is 0 Å². The Morgan fingerprint density at radius 2 is 2.14 bits per heavy atom. The SMILES string of the molecule is COCc1nc2n(n1)CCCC2NC1CCN(C2CC2)C1. The molecule has 0 amide bonds.